The molecule has 1 amide bonds. The van der Waals surface area contributed by atoms with Gasteiger partial charge < -0.3 is 4.57 Å². The third-order valence-corrected chi connectivity index (χ3v) is 5.14. The molecule has 1 aromatic carbocycles. The van der Waals surface area contributed by atoms with Crippen molar-refractivity contribution in [1.82, 2.24) is 14.3 Å². The van der Waals surface area contributed by atoms with Crippen molar-refractivity contribution in [2.24, 2.45) is 12.0 Å². The summed E-state index contributed by atoms with van der Waals surface area (Å²) in [5.74, 6) is 0.190. The first-order chi connectivity index (χ1) is 11.4. The Morgan fingerprint density at radius 1 is 1.38 bits per heavy atom. The van der Waals surface area contributed by atoms with E-state index in [2.05, 4.69) is 53.6 Å². The Labute approximate surface area is 145 Å². The number of hydrogen-bond donors (Lipinski definition) is 0. The first kappa shape index (κ1) is 16.6. The van der Waals surface area contributed by atoms with Crippen molar-refractivity contribution in [2.75, 3.05) is 0 Å². The molecule has 126 valence electrons. The number of aromatic nitrogens is 3. The van der Waals surface area contributed by atoms with E-state index in [1.54, 1.807) is 16.0 Å². The molecule has 0 bridgehead atoms. The van der Waals surface area contributed by atoms with Gasteiger partial charge in [0.15, 0.2) is 10.5 Å². The van der Waals surface area contributed by atoms with Gasteiger partial charge in [-0.3, -0.25) is 9.48 Å². The fourth-order valence-electron chi connectivity index (χ4n) is 2.80. The Morgan fingerprint density at radius 2 is 2.12 bits per heavy atom. The molecule has 0 radical (unpaired) electrons. The minimum absolute atomic E-state index is 0.286. The van der Waals surface area contributed by atoms with Crippen LogP contribution in [-0.2, 0) is 13.6 Å². The highest BCUT2D eigenvalue weighted by molar-refractivity contribution is 7.16. The summed E-state index contributed by atoms with van der Waals surface area (Å²) >= 11 is 1.56. The molecule has 0 fully saturated rings. The van der Waals surface area contributed by atoms with Gasteiger partial charge in [0.1, 0.15) is 0 Å². The lowest BCUT2D eigenvalue weighted by Crippen LogP contribution is -2.16. The largest absolute Gasteiger partial charge is 0.317 e. The maximum Gasteiger partial charge on any atom is 0.300 e. The number of fused-ring (bicyclic) bond motifs is 1. The molecule has 0 atom stereocenters. The Hall–Kier alpha value is -2.21. The van der Waals surface area contributed by atoms with E-state index in [0.717, 1.165) is 27.1 Å². The zero-order valence-electron chi connectivity index (χ0n) is 14.7. The van der Waals surface area contributed by atoms with Crippen LogP contribution in [0.5, 0.6) is 0 Å². The monoisotopic (exact) mass is 342 g/mol. The van der Waals surface area contributed by atoms with Crippen molar-refractivity contribution in [2.45, 2.75) is 40.2 Å². The predicted molar refractivity (Wildman–Crippen MR) is 97.4 cm³/mol. The zero-order valence-corrected chi connectivity index (χ0v) is 15.5. The molecule has 24 heavy (non-hydrogen) atoms. The average Bonchev–Trinajstić information content (AvgIpc) is 3.05. The number of aryl methyl sites for hydroxylation is 3. The fourth-order valence-corrected chi connectivity index (χ4v) is 3.94. The van der Waals surface area contributed by atoms with E-state index in [1.807, 2.05) is 20.2 Å². The van der Waals surface area contributed by atoms with Crippen molar-refractivity contribution in [3.8, 4) is 0 Å². The van der Waals surface area contributed by atoms with Crippen molar-refractivity contribution in [3.63, 3.8) is 0 Å². The summed E-state index contributed by atoms with van der Waals surface area (Å²) in [6.45, 7) is 9.08. The second kappa shape index (κ2) is 6.36. The molecule has 0 aliphatic heterocycles. The minimum atomic E-state index is -0.286. The summed E-state index contributed by atoms with van der Waals surface area (Å²) in [6, 6.07) is 6.48. The standard InChI is InChI=1S/C18H22N4OS/c1-6-22-14-8-7-13(11(2)3)9-15(14)24-18(22)19-17(23)16-12(4)10-21(5)20-16/h7-11H,6H2,1-5H3. The molecule has 0 saturated heterocycles. The SMILES string of the molecule is CCn1c(=NC(=O)c2nn(C)cc2C)sc2cc(C(C)C)ccc21. The normalized spacial score (nSPS) is 12.5. The summed E-state index contributed by atoms with van der Waals surface area (Å²) in [7, 11) is 1.81. The van der Waals surface area contributed by atoms with Crippen LogP contribution in [0, 0.1) is 6.92 Å². The van der Waals surface area contributed by atoms with Gasteiger partial charge in [-0.05, 0) is 37.5 Å². The highest BCUT2D eigenvalue weighted by Crippen LogP contribution is 2.23. The molecule has 3 aromatic rings. The molecule has 0 aliphatic carbocycles. The predicted octanol–water partition coefficient (Wildman–Crippen LogP) is 3.63. The van der Waals surface area contributed by atoms with E-state index < -0.39 is 0 Å². The van der Waals surface area contributed by atoms with Gasteiger partial charge >= 0.3 is 0 Å². The number of rotatable bonds is 3. The molecule has 0 aliphatic rings. The van der Waals surface area contributed by atoms with E-state index >= 15 is 0 Å². The molecule has 0 saturated carbocycles. The number of thiazole rings is 1. The van der Waals surface area contributed by atoms with Gasteiger partial charge in [-0.25, -0.2) is 0 Å². The van der Waals surface area contributed by atoms with Crippen LogP contribution in [0.1, 0.15) is 48.3 Å². The van der Waals surface area contributed by atoms with Crippen LogP contribution in [0.15, 0.2) is 29.4 Å². The molecule has 5 nitrogen and oxygen atoms in total. The summed E-state index contributed by atoms with van der Waals surface area (Å²) in [6.07, 6.45) is 1.83. The smallest absolute Gasteiger partial charge is 0.300 e. The topological polar surface area (TPSA) is 52.2 Å². The van der Waals surface area contributed by atoms with Crippen LogP contribution < -0.4 is 4.80 Å². The van der Waals surface area contributed by atoms with Crippen molar-refractivity contribution < 1.29 is 4.79 Å². The van der Waals surface area contributed by atoms with Crippen molar-refractivity contribution in [3.05, 3.63) is 46.0 Å². The van der Waals surface area contributed by atoms with Gasteiger partial charge in [0.05, 0.1) is 10.2 Å². The summed E-state index contributed by atoms with van der Waals surface area (Å²) in [4.78, 5) is 17.6. The van der Waals surface area contributed by atoms with E-state index in [1.165, 1.54) is 5.56 Å². The molecule has 0 spiro atoms. The van der Waals surface area contributed by atoms with Crippen LogP contribution in [0.4, 0.5) is 0 Å². The highest BCUT2D eigenvalue weighted by atomic mass is 32.1. The van der Waals surface area contributed by atoms with Gasteiger partial charge in [-0.15, -0.1) is 0 Å². The second-order valence-electron chi connectivity index (χ2n) is 6.26. The number of carbonyl (C=O) groups is 1. The second-order valence-corrected chi connectivity index (χ2v) is 7.27. The molecule has 3 rings (SSSR count). The highest BCUT2D eigenvalue weighted by Gasteiger charge is 2.14. The third-order valence-electron chi connectivity index (χ3n) is 4.10. The van der Waals surface area contributed by atoms with Crippen LogP contribution in [0.25, 0.3) is 10.2 Å². The van der Waals surface area contributed by atoms with Gasteiger partial charge in [-0.2, -0.15) is 10.1 Å². The Balaban J connectivity index is 2.14. The molecule has 2 heterocycles. The quantitative estimate of drug-likeness (QED) is 0.730. The van der Waals surface area contributed by atoms with Crippen molar-refractivity contribution in [1.29, 1.82) is 0 Å². The fraction of sp³-hybridized carbons (Fsp3) is 0.389. The Morgan fingerprint density at radius 3 is 2.71 bits per heavy atom. The Kier molecular flexibility index (Phi) is 4.41. The summed E-state index contributed by atoms with van der Waals surface area (Å²) in [5.41, 5.74) is 3.68. The number of hydrogen-bond acceptors (Lipinski definition) is 3. The van der Waals surface area contributed by atoms with E-state index in [4.69, 9.17) is 0 Å². The van der Waals surface area contributed by atoms with Crippen LogP contribution in [-0.4, -0.2) is 20.3 Å². The molecule has 2 aromatic heterocycles. The van der Waals surface area contributed by atoms with Gasteiger partial charge in [0.25, 0.3) is 5.91 Å². The van der Waals surface area contributed by atoms with Crippen molar-refractivity contribution >= 4 is 27.5 Å². The maximum absolute atomic E-state index is 12.5. The van der Waals surface area contributed by atoms with E-state index in [0.29, 0.717) is 11.6 Å². The lowest BCUT2D eigenvalue weighted by molar-refractivity contribution is 0.0992. The molecule has 0 unspecified atom stereocenters. The molecule has 0 N–H and O–H groups in total. The van der Waals surface area contributed by atoms with Crippen LogP contribution >= 0.6 is 11.3 Å². The van der Waals surface area contributed by atoms with Gasteiger partial charge in [0.2, 0.25) is 0 Å². The van der Waals surface area contributed by atoms with Gasteiger partial charge in [-0.1, -0.05) is 31.3 Å². The molecular weight excluding hydrogens is 320 g/mol. The van der Waals surface area contributed by atoms with Gasteiger partial charge in [0, 0.05) is 25.4 Å². The first-order valence-corrected chi connectivity index (χ1v) is 8.95. The minimum Gasteiger partial charge on any atom is -0.317 e. The summed E-state index contributed by atoms with van der Waals surface area (Å²) < 4.78 is 4.89. The number of carbonyl (C=O) groups excluding carboxylic acids is 1. The zero-order chi connectivity index (χ0) is 17.4. The lowest BCUT2D eigenvalue weighted by atomic mass is 10.0. The molecular formula is C18H22N4OS. The first-order valence-electron chi connectivity index (χ1n) is 8.13. The lowest BCUT2D eigenvalue weighted by Gasteiger charge is -2.05. The summed E-state index contributed by atoms with van der Waals surface area (Å²) in [5, 5.41) is 4.22. The average molecular weight is 342 g/mol. The van der Waals surface area contributed by atoms with Crippen LogP contribution in [0.3, 0.4) is 0 Å². The number of amides is 1. The Bertz CT molecular complexity index is 975. The number of benzene rings is 1. The molecule has 6 heteroatoms. The van der Waals surface area contributed by atoms with E-state index in [-0.39, 0.29) is 5.91 Å². The van der Waals surface area contributed by atoms with Crippen LogP contribution in [0.2, 0.25) is 0 Å². The number of nitrogens with zero attached hydrogens (tertiary/aromatic N) is 4. The third kappa shape index (κ3) is 2.94. The maximum atomic E-state index is 12.5. The van der Waals surface area contributed by atoms with E-state index in [9.17, 15) is 4.79 Å².